The van der Waals surface area contributed by atoms with Gasteiger partial charge >= 0.3 is 0 Å². The number of halogens is 2. The molecule has 4 heterocycles. The second-order valence-electron chi connectivity index (χ2n) is 10.4. The van der Waals surface area contributed by atoms with Gasteiger partial charge < -0.3 is 18.9 Å². The summed E-state index contributed by atoms with van der Waals surface area (Å²) in [5, 5.41) is 3.50. The second kappa shape index (κ2) is 11.5. The van der Waals surface area contributed by atoms with Gasteiger partial charge in [0.05, 0.1) is 21.6 Å². The minimum Gasteiger partial charge on any atom is -0.455 e. The summed E-state index contributed by atoms with van der Waals surface area (Å²) in [6.45, 7) is 6.11. The van der Waals surface area contributed by atoms with Gasteiger partial charge in [-0.3, -0.25) is 9.20 Å². The predicted octanol–water partition coefficient (Wildman–Crippen LogP) is 7.57. The Hall–Kier alpha value is -3.76. The molecule has 1 unspecified atom stereocenters. The standard InChI is InChI=1S/C32H31BrFN5O2S/c1-19(25-18-39-28(33)8-5-9-29(39)36-25)38-14-6-7-21(17-38)23-15-24-27(16-26(23)37(3)42-4)41-31(30(24)32(40)35-2)20-10-12-22(34)13-11-20/h5,8-13,15-16,18,21H,1,6-7,14,17H2,2-4H3,(H,35,40). The number of nitrogens with zero attached hydrogens (tertiary/aromatic N) is 4. The summed E-state index contributed by atoms with van der Waals surface area (Å²) in [6, 6.07) is 16.1. The van der Waals surface area contributed by atoms with Crippen molar-refractivity contribution in [1.29, 1.82) is 0 Å². The summed E-state index contributed by atoms with van der Waals surface area (Å²) in [5.74, 6) is 0.0229. The number of imidazole rings is 1. The third-order valence-electron chi connectivity index (χ3n) is 7.99. The lowest BCUT2D eigenvalue weighted by molar-refractivity contribution is 0.0964. The highest BCUT2D eigenvalue weighted by Crippen LogP contribution is 2.43. The number of amides is 1. The summed E-state index contributed by atoms with van der Waals surface area (Å²) in [7, 11) is 3.64. The van der Waals surface area contributed by atoms with E-state index in [9.17, 15) is 9.18 Å². The molecule has 6 rings (SSSR count). The van der Waals surface area contributed by atoms with Gasteiger partial charge in [0.15, 0.2) is 0 Å². The Balaban J connectivity index is 1.42. The Morgan fingerprint density at radius 2 is 2.02 bits per heavy atom. The van der Waals surface area contributed by atoms with Crippen LogP contribution in [0.4, 0.5) is 10.1 Å². The molecule has 10 heteroatoms. The van der Waals surface area contributed by atoms with Crippen LogP contribution in [0.1, 0.15) is 40.4 Å². The van der Waals surface area contributed by atoms with Crippen molar-refractivity contribution in [3.63, 3.8) is 0 Å². The topological polar surface area (TPSA) is 66.0 Å². The Morgan fingerprint density at radius 3 is 2.74 bits per heavy atom. The quantitative estimate of drug-likeness (QED) is 0.145. The minimum atomic E-state index is -0.345. The molecule has 0 radical (unpaired) electrons. The van der Waals surface area contributed by atoms with Crippen molar-refractivity contribution in [1.82, 2.24) is 19.6 Å². The summed E-state index contributed by atoms with van der Waals surface area (Å²) >= 11 is 5.22. The molecule has 0 saturated carbocycles. The zero-order chi connectivity index (χ0) is 29.5. The Bertz CT molecular complexity index is 1820. The van der Waals surface area contributed by atoms with Crippen molar-refractivity contribution in [2.24, 2.45) is 0 Å². The second-order valence-corrected chi connectivity index (χ2v) is 12.1. The molecule has 0 bridgehead atoms. The third-order valence-corrected chi connectivity index (χ3v) is 9.38. The predicted molar refractivity (Wildman–Crippen MR) is 172 cm³/mol. The molecule has 7 nitrogen and oxygen atoms in total. The maximum atomic E-state index is 13.7. The minimum absolute atomic E-state index is 0.190. The average molecular weight is 649 g/mol. The first-order chi connectivity index (χ1) is 20.3. The SMILES string of the molecule is C=C(c1cn2c(Br)cccc2n1)N1CCCC(c2cc3c(C(=O)NC)c(-c4ccc(F)cc4)oc3cc2N(C)SC)C1. The van der Waals surface area contributed by atoms with Crippen LogP contribution in [-0.4, -0.2) is 53.6 Å². The number of carbonyl (C=O) groups excluding carboxylic acids is 1. The maximum absolute atomic E-state index is 13.7. The number of hydrogen-bond donors (Lipinski definition) is 1. The van der Waals surface area contributed by atoms with Crippen molar-refractivity contribution in [2.45, 2.75) is 18.8 Å². The zero-order valence-electron chi connectivity index (χ0n) is 23.7. The summed E-state index contributed by atoms with van der Waals surface area (Å²) in [5.41, 5.74) is 6.49. The molecule has 0 spiro atoms. The smallest absolute Gasteiger partial charge is 0.255 e. The normalized spacial score (nSPS) is 15.4. The van der Waals surface area contributed by atoms with Crippen LogP contribution in [0.5, 0.6) is 0 Å². The molecule has 216 valence electrons. The highest BCUT2D eigenvalue weighted by atomic mass is 79.9. The average Bonchev–Trinajstić information content (AvgIpc) is 3.62. The van der Waals surface area contributed by atoms with E-state index < -0.39 is 0 Å². The Labute approximate surface area is 256 Å². The van der Waals surface area contributed by atoms with Crippen LogP contribution in [-0.2, 0) is 0 Å². The molecule has 1 atom stereocenters. The first-order valence-electron chi connectivity index (χ1n) is 13.7. The number of pyridine rings is 1. The Kier molecular flexibility index (Phi) is 7.76. The van der Waals surface area contributed by atoms with E-state index in [0.717, 1.165) is 64.2 Å². The van der Waals surface area contributed by atoms with Crippen molar-refractivity contribution >= 4 is 61.8 Å². The fraction of sp³-hybridized carbons (Fsp3) is 0.250. The van der Waals surface area contributed by atoms with E-state index in [4.69, 9.17) is 9.40 Å². The number of anilines is 1. The molecule has 1 aliphatic heterocycles. The summed E-state index contributed by atoms with van der Waals surface area (Å²) in [6.07, 6.45) is 6.05. The molecule has 1 saturated heterocycles. The largest absolute Gasteiger partial charge is 0.455 e. The number of aromatic nitrogens is 2. The van der Waals surface area contributed by atoms with Gasteiger partial charge in [0.2, 0.25) is 0 Å². The van der Waals surface area contributed by atoms with Gasteiger partial charge in [-0.15, -0.1) is 0 Å². The van der Waals surface area contributed by atoms with Crippen LogP contribution >= 0.6 is 27.9 Å². The molecule has 0 aliphatic carbocycles. The number of fused-ring (bicyclic) bond motifs is 2. The van der Waals surface area contributed by atoms with E-state index in [2.05, 4.69) is 43.1 Å². The number of likely N-dealkylation sites (tertiary alicyclic amines) is 1. The zero-order valence-corrected chi connectivity index (χ0v) is 26.1. The first kappa shape index (κ1) is 28.4. The first-order valence-corrected chi connectivity index (χ1v) is 15.7. The number of nitrogens with one attached hydrogen (secondary N) is 1. The van der Waals surface area contributed by atoms with Gasteiger partial charge in [0, 0.05) is 62.6 Å². The number of piperidine rings is 1. The molecular weight excluding hydrogens is 617 g/mol. The number of benzene rings is 2. The van der Waals surface area contributed by atoms with Crippen LogP contribution in [0.15, 0.2) is 76.4 Å². The van der Waals surface area contributed by atoms with E-state index >= 15 is 0 Å². The van der Waals surface area contributed by atoms with Gasteiger partial charge in [-0.05, 0) is 76.8 Å². The highest BCUT2D eigenvalue weighted by Gasteiger charge is 2.29. The van der Waals surface area contributed by atoms with Crippen molar-refractivity contribution < 1.29 is 13.6 Å². The third kappa shape index (κ3) is 5.07. The highest BCUT2D eigenvalue weighted by molar-refractivity contribution is 9.10. The van der Waals surface area contributed by atoms with E-state index in [-0.39, 0.29) is 17.6 Å². The van der Waals surface area contributed by atoms with Crippen molar-refractivity contribution in [2.75, 3.05) is 37.7 Å². The number of hydrogen-bond acceptors (Lipinski definition) is 6. The molecule has 5 aromatic rings. The number of furan rings is 1. The monoisotopic (exact) mass is 647 g/mol. The van der Waals surface area contributed by atoms with Crippen LogP contribution in [0.25, 0.3) is 33.6 Å². The summed E-state index contributed by atoms with van der Waals surface area (Å²) in [4.78, 5) is 20.4. The molecule has 42 heavy (non-hydrogen) atoms. The van der Waals surface area contributed by atoms with Crippen LogP contribution in [0, 0.1) is 5.82 Å². The Morgan fingerprint density at radius 1 is 1.24 bits per heavy atom. The van der Waals surface area contributed by atoms with Crippen molar-refractivity contribution in [3.8, 4) is 11.3 Å². The maximum Gasteiger partial charge on any atom is 0.255 e. The van der Waals surface area contributed by atoms with E-state index in [1.165, 1.54) is 12.1 Å². The van der Waals surface area contributed by atoms with E-state index in [1.54, 1.807) is 31.1 Å². The lowest BCUT2D eigenvalue weighted by Gasteiger charge is -2.36. The number of carbonyl (C=O) groups is 1. The van der Waals surface area contributed by atoms with Crippen LogP contribution in [0.2, 0.25) is 0 Å². The van der Waals surface area contributed by atoms with Gasteiger partial charge in [0.25, 0.3) is 5.91 Å². The number of rotatable bonds is 7. The van der Waals surface area contributed by atoms with Gasteiger partial charge in [-0.25, -0.2) is 9.37 Å². The molecule has 1 amide bonds. The van der Waals surface area contributed by atoms with E-state index in [0.29, 0.717) is 22.5 Å². The van der Waals surface area contributed by atoms with E-state index in [1.807, 2.05) is 48.2 Å². The molecule has 1 fully saturated rings. The molecule has 1 aliphatic rings. The van der Waals surface area contributed by atoms with Gasteiger partial charge in [-0.2, -0.15) is 0 Å². The van der Waals surface area contributed by atoms with Crippen LogP contribution in [0.3, 0.4) is 0 Å². The molecule has 3 aromatic heterocycles. The molecule has 1 N–H and O–H groups in total. The van der Waals surface area contributed by atoms with Crippen LogP contribution < -0.4 is 9.62 Å². The fourth-order valence-corrected chi connectivity index (χ4v) is 6.55. The molecular formula is C32H31BrFN5O2S. The van der Waals surface area contributed by atoms with Crippen molar-refractivity contribution in [3.05, 3.63) is 94.6 Å². The summed E-state index contributed by atoms with van der Waals surface area (Å²) < 4.78 is 25.1. The molecule has 2 aromatic carbocycles. The van der Waals surface area contributed by atoms with Gasteiger partial charge in [0.1, 0.15) is 28.5 Å². The fourth-order valence-electron chi connectivity index (χ4n) is 5.76. The lowest BCUT2D eigenvalue weighted by atomic mass is 9.87. The van der Waals surface area contributed by atoms with Gasteiger partial charge in [-0.1, -0.05) is 24.6 Å². The lowest BCUT2D eigenvalue weighted by Crippen LogP contribution is -2.33.